The lowest BCUT2D eigenvalue weighted by molar-refractivity contribution is 0.439. The average Bonchev–Trinajstić information content (AvgIpc) is 2.88. The Balaban J connectivity index is 2.36. The topological polar surface area (TPSA) is 57.0 Å². The molecule has 0 spiro atoms. The minimum Gasteiger partial charge on any atom is -0.368 e. The van der Waals surface area contributed by atoms with E-state index in [9.17, 15) is 0 Å². The Morgan fingerprint density at radius 3 is 2.83 bits per heavy atom. The van der Waals surface area contributed by atoms with Crippen LogP contribution in [0.1, 0.15) is 5.56 Å². The fraction of sp³-hybridized carbons (Fsp3) is 0.154. The Morgan fingerprint density at radius 2 is 2.17 bits per heavy atom. The highest BCUT2D eigenvalue weighted by atomic mass is 35.5. The third-order valence-corrected chi connectivity index (χ3v) is 3.54. The minimum absolute atomic E-state index is 0.313. The fourth-order valence-electron chi connectivity index (χ4n) is 2.30. The van der Waals surface area contributed by atoms with Gasteiger partial charge in [0, 0.05) is 35.3 Å². The van der Waals surface area contributed by atoms with Crippen LogP contribution in [-0.2, 0) is 7.05 Å². The fourth-order valence-corrected chi connectivity index (χ4v) is 2.45. The number of halogens is 1. The summed E-state index contributed by atoms with van der Waals surface area (Å²) < 4.78 is 6.96. The van der Waals surface area contributed by atoms with E-state index in [0.717, 1.165) is 32.7 Å². The molecule has 2 N–H and O–H groups in total. The monoisotopic (exact) mass is 261 g/mol. The largest absolute Gasteiger partial charge is 0.368 e. The zero-order chi connectivity index (χ0) is 12.9. The molecule has 0 fully saturated rings. The van der Waals surface area contributed by atoms with Gasteiger partial charge in [-0.1, -0.05) is 22.8 Å². The third-order valence-electron chi connectivity index (χ3n) is 3.13. The van der Waals surface area contributed by atoms with Gasteiger partial charge in [-0.05, 0) is 18.6 Å². The lowest BCUT2D eigenvalue weighted by atomic mass is 10.1. The van der Waals surface area contributed by atoms with Gasteiger partial charge in [-0.15, -0.1) is 0 Å². The van der Waals surface area contributed by atoms with Crippen molar-refractivity contribution in [3.8, 4) is 11.3 Å². The molecule has 0 amide bonds. The average molecular weight is 262 g/mol. The predicted octanol–water partition coefficient (Wildman–Crippen LogP) is 3.38. The molecular weight excluding hydrogens is 250 g/mol. The second-order valence-corrected chi connectivity index (χ2v) is 4.74. The van der Waals surface area contributed by atoms with Crippen LogP contribution >= 0.6 is 11.6 Å². The van der Waals surface area contributed by atoms with Gasteiger partial charge in [-0.25, -0.2) is 0 Å². The summed E-state index contributed by atoms with van der Waals surface area (Å²) in [5.74, 6) is 0.313. The zero-order valence-electron chi connectivity index (χ0n) is 10.1. The standard InChI is InChI=1S/C13H12ClN3O/c1-7-10(14)4-3-8-9(6-17(2)13(7)8)11-5-12(15)18-16-11/h3-6H,15H2,1-2H3. The van der Waals surface area contributed by atoms with Gasteiger partial charge in [0.05, 0.1) is 5.52 Å². The van der Waals surface area contributed by atoms with E-state index in [1.807, 2.05) is 36.9 Å². The first-order chi connectivity index (χ1) is 8.58. The van der Waals surface area contributed by atoms with Gasteiger partial charge in [-0.2, -0.15) is 0 Å². The number of nitrogens with two attached hydrogens (primary N) is 1. The summed E-state index contributed by atoms with van der Waals surface area (Å²) >= 11 is 6.15. The molecule has 18 heavy (non-hydrogen) atoms. The van der Waals surface area contributed by atoms with Crippen molar-refractivity contribution in [2.75, 3.05) is 5.73 Å². The number of hydrogen-bond acceptors (Lipinski definition) is 3. The first kappa shape index (κ1) is 11.2. The Morgan fingerprint density at radius 1 is 1.39 bits per heavy atom. The highest BCUT2D eigenvalue weighted by molar-refractivity contribution is 6.32. The number of fused-ring (bicyclic) bond motifs is 1. The van der Waals surface area contributed by atoms with Crippen LogP contribution in [0.25, 0.3) is 22.2 Å². The molecule has 0 saturated carbocycles. The Kier molecular flexibility index (Phi) is 2.35. The van der Waals surface area contributed by atoms with Gasteiger partial charge in [0.1, 0.15) is 5.69 Å². The smallest absolute Gasteiger partial charge is 0.222 e. The molecule has 0 atom stereocenters. The molecule has 3 aromatic rings. The van der Waals surface area contributed by atoms with Crippen molar-refractivity contribution in [1.82, 2.24) is 9.72 Å². The van der Waals surface area contributed by atoms with Crippen LogP contribution in [0.5, 0.6) is 0 Å². The highest BCUT2D eigenvalue weighted by Gasteiger charge is 2.14. The number of hydrogen-bond donors (Lipinski definition) is 1. The number of nitrogens with zero attached hydrogens (tertiary/aromatic N) is 2. The summed E-state index contributed by atoms with van der Waals surface area (Å²) in [7, 11) is 1.98. The molecule has 0 unspecified atom stereocenters. The molecule has 0 aliphatic rings. The molecule has 0 saturated heterocycles. The number of anilines is 1. The van der Waals surface area contributed by atoms with Crippen LogP contribution < -0.4 is 5.73 Å². The van der Waals surface area contributed by atoms with Crippen molar-refractivity contribution in [3.63, 3.8) is 0 Å². The molecule has 0 aliphatic carbocycles. The van der Waals surface area contributed by atoms with E-state index >= 15 is 0 Å². The van der Waals surface area contributed by atoms with Crippen molar-refractivity contribution >= 4 is 28.4 Å². The van der Waals surface area contributed by atoms with E-state index in [1.54, 1.807) is 6.07 Å². The van der Waals surface area contributed by atoms with E-state index in [0.29, 0.717) is 5.88 Å². The summed E-state index contributed by atoms with van der Waals surface area (Å²) in [5, 5.41) is 5.80. The third kappa shape index (κ3) is 1.49. The summed E-state index contributed by atoms with van der Waals surface area (Å²) in [6, 6.07) is 5.61. The second kappa shape index (κ2) is 3.78. The van der Waals surface area contributed by atoms with Crippen molar-refractivity contribution in [1.29, 1.82) is 0 Å². The molecule has 3 rings (SSSR count). The van der Waals surface area contributed by atoms with E-state index in [1.165, 1.54) is 0 Å². The van der Waals surface area contributed by atoms with Gasteiger partial charge in [-0.3, -0.25) is 0 Å². The molecule has 92 valence electrons. The van der Waals surface area contributed by atoms with Gasteiger partial charge >= 0.3 is 0 Å². The summed E-state index contributed by atoms with van der Waals surface area (Å²) in [4.78, 5) is 0. The first-order valence-corrected chi connectivity index (χ1v) is 5.92. The van der Waals surface area contributed by atoms with Crippen LogP contribution in [0.2, 0.25) is 5.02 Å². The Hall–Kier alpha value is -1.94. The lowest BCUT2D eigenvalue weighted by Crippen LogP contribution is -1.87. The summed E-state index contributed by atoms with van der Waals surface area (Å²) in [5.41, 5.74) is 9.44. The van der Waals surface area contributed by atoms with E-state index in [2.05, 4.69) is 5.16 Å². The minimum atomic E-state index is 0.313. The quantitative estimate of drug-likeness (QED) is 0.731. The van der Waals surface area contributed by atoms with Crippen molar-refractivity contribution in [2.45, 2.75) is 6.92 Å². The van der Waals surface area contributed by atoms with Gasteiger partial charge in [0.15, 0.2) is 0 Å². The number of nitrogen functional groups attached to an aromatic ring is 1. The maximum absolute atomic E-state index is 6.15. The molecule has 0 radical (unpaired) electrons. The van der Waals surface area contributed by atoms with Crippen molar-refractivity contribution in [3.05, 3.63) is 35.0 Å². The number of aromatic nitrogens is 2. The summed E-state index contributed by atoms with van der Waals surface area (Å²) in [6.07, 6.45) is 2.01. The molecule has 0 aliphatic heterocycles. The maximum atomic E-state index is 6.15. The van der Waals surface area contributed by atoms with Crippen LogP contribution in [-0.4, -0.2) is 9.72 Å². The highest BCUT2D eigenvalue weighted by Crippen LogP contribution is 2.34. The molecule has 4 nitrogen and oxygen atoms in total. The molecular formula is C13H12ClN3O. The van der Waals surface area contributed by atoms with Crippen LogP contribution in [0.4, 0.5) is 5.88 Å². The lowest BCUT2D eigenvalue weighted by Gasteiger charge is -2.02. The van der Waals surface area contributed by atoms with Gasteiger partial charge in [0.25, 0.3) is 0 Å². The molecule has 2 heterocycles. The van der Waals surface area contributed by atoms with Gasteiger partial charge in [0.2, 0.25) is 5.88 Å². The van der Waals surface area contributed by atoms with E-state index < -0.39 is 0 Å². The van der Waals surface area contributed by atoms with Crippen LogP contribution in [0.3, 0.4) is 0 Å². The number of aryl methyl sites for hydroxylation is 2. The molecule has 1 aromatic carbocycles. The van der Waals surface area contributed by atoms with Crippen molar-refractivity contribution < 1.29 is 4.52 Å². The second-order valence-electron chi connectivity index (χ2n) is 4.34. The van der Waals surface area contributed by atoms with Crippen LogP contribution in [0, 0.1) is 6.92 Å². The van der Waals surface area contributed by atoms with E-state index in [4.69, 9.17) is 21.9 Å². The Bertz CT molecular complexity index is 742. The maximum Gasteiger partial charge on any atom is 0.222 e. The predicted molar refractivity (Wildman–Crippen MR) is 72.6 cm³/mol. The van der Waals surface area contributed by atoms with Crippen LogP contribution in [0.15, 0.2) is 28.9 Å². The Labute approximate surface area is 109 Å². The number of rotatable bonds is 1. The zero-order valence-corrected chi connectivity index (χ0v) is 10.8. The SMILES string of the molecule is Cc1c(Cl)ccc2c(-c3cc(N)on3)cn(C)c12. The normalized spacial score (nSPS) is 11.3. The first-order valence-electron chi connectivity index (χ1n) is 5.54. The molecule has 0 bridgehead atoms. The van der Waals surface area contributed by atoms with Crippen molar-refractivity contribution in [2.24, 2.45) is 7.05 Å². The summed E-state index contributed by atoms with van der Waals surface area (Å²) in [6.45, 7) is 2.01. The molecule has 5 heteroatoms. The number of benzene rings is 1. The van der Waals surface area contributed by atoms with Gasteiger partial charge < -0.3 is 14.8 Å². The van der Waals surface area contributed by atoms with E-state index in [-0.39, 0.29) is 0 Å². The molecule has 2 aromatic heterocycles.